The van der Waals surface area contributed by atoms with Gasteiger partial charge >= 0.3 is 0 Å². The number of hydrogen-bond acceptors (Lipinski definition) is 6. The van der Waals surface area contributed by atoms with Crippen molar-refractivity contribution in [2.24, 2.45) is 5.73 Å². The minimum Gasteiger partial charge on any atom is -0.477 e. The number of rotatable bonds is 7. The Morgan fingerprint density at radius 3 is 2.62 bits per heavy atom. The first-order valence-electron chi connectivity index (χ1n) is 8.85. The molecule has 0 saturated carbocycles. The number of nitrogens with two attached hydrogens (primary N) is 1. The van der Waals surface area contributed by atoms with E-state index in [4.69, 9.17) is 38.1 Å². The molecule has 1 atom stereocenters. The highest BCUT2D eigenvalue weighted by Gasteiger charge is 2.29. The minimum atomic E-state index is -0.492. The molecule has 2 heterocycles. The predicted molar refractivity (Wildman–Crippen MR) is 108 cm³/mol. The van der Waals surface area contributed by atoms with Crippen LogP contribution in [0.5, 0.6) is 5.75 Å². The highest BCUT2D eigenvalue weighted by molar-refractivity contribution is 6.35. The number of likely N-dealkylation sites (tertiary alicyclic amines) is 1. The number of primary amides is 1. The van der Waals surface area contributed by atoms with Gasteiger partial charge in [0.1, 0.15) is 12.0 Å². The summed E-state index contributed by atoms with van der Waals surface area (Å²) in [6.07, 6.45) is 2.69. The number of ether oxygens (including phenoxy) is 1. The number of nitrogens with one attached hydrogen (secondary N) is 1. The van der Waals surface area contributed by atoms with E-state index in [2.05, 4.69) is 5.32 Å². The summed E-state index contributed by atoms with van der Waals surface area (Å²) in [4.78, 5) is 37.6. The Morgan fingerprint density at radius 2 is 1.97 bits per heavy atom. The van der Waals surface area contributed by atoms with Gasteiger partial charge in [0.15, 0.2) is 6.61 Å². The number of halogens is 2. The maximum Gasteiger partial charge on any atom is 0.262 e. The fraction of sp³-hybridized carbons (Fsp3) is 0.316. The van der Waals surface area contributed by atoms with Crippen LogP contribution >= 0.6 is 23.2 Å². The van der Waals surface area contributed by atoms with E-state index in [0.29, 0.717) is 41.0 Å². The summed E-state index contributed by atoms with van der Waals surface area (Å²) in [6.45, 7) is 0.590. The second kappa shape index (κ2) is 9.30. The molecule has 154 valence electrons. The highest BCUT2D eigenvalue weighted by atomic mass is 35.5. The van der Waals surface area contributed by atoms with Gasteiger partial charge in [-0.05, 0) is 37.6 Å². The first-order chi connectivity index (χ1) is 13.8. The number of carbonyl (C=O) groups excluding carboxylic acids is 2. The fourth-order valence-corrected chi connectivity index (χ4v) is 3.66. The summed E-state index contributed by atoms with van der Waals surface area (Å²) in [7, 11) is 0. The Bertz CT molecular complexity index is 958. The zero-order chi connectivity index (χ0) is 21.0. The lowest BCUT2D eigenvalue weighted by molar-refractivity contribution is -0.122. The van der Waals surface area contributed by atoms with E-state index >= 15 is 0 Å². The van der Waals surface area contributed by atoms with Gasteiger partial charge in [0.05, 0.1) is 12.6 Å². The Hall–Kier alpha value is -2.55. The molecular weight excluding hydrogens is 421 g/mol. The number of anilines is 1. The van der Waals surface area contributed by atoms with E-state index in [1.807, 2.05) is 4.90 Å². The quantitative estimate of drug-likeness (QED) is 0.684. The second-order valence-electron chi connectivity index (χ2n) is 6.60. The van der Waals surface area contributed by atoms with Crippen LogP contribution in [0.4, 0.5) is 5.69 Å². The molecule has 1 fully saturated rings. The van der Waals surface area contributed by atoms with E-state index in [1.165, 1.54) is 24.3 Å². The van der Waals surface area contributed by atoms with Crippen LogP contribution in [0.1, 0.15) is 18.6 Å². The summed E-state index contributed by atoms with van der Waals surface area (Å²) in [5, 5.41) is 3.33. The van der Waals surface area contributed by atoms with Crippen LogP contribution in [0.25, 0.3) is 0 Å². The topological polar surface area (TPSA) is 115 Å². The molecule has 1 aromatic carbocycles. The van der Waals surface area contributed by atoms with Gasteiger partial charge in [-0.15, -0.1) is 0 Å². The monoisotopic (exact) mass is 439 g/mol. The Kier molecular flexibility index (Phi) is 6.79. The van der Waals surface area contributed by atoms with Crippen molar-refractivity contribution in [3.8, 4) is 5.75 Å². The van der Waals surface area contributed by atoms with Crippen molar-refractivity contribution in [1.82, 2.24) is 4.90 Å². The highest BCUT2D eigenvalue weighted by Crippen LogP contribution is 2.22. The van der Waals surface area contributed by atoms with Crippen molar-refractivity contribution >= 4 is 40.7 Å². The van der Waals surface area contributed by atoms with Gasteiger partial charge in [-0.1, -0.05) is 23.2 Å². The third-order valence-corrected chi connectivity index (χ3v) is 4.84. The van der Waals surface area contributed by atoms with Gasteiger partial charge in [0.25, 0.3) is 5.91 Å². The van der Waals surface area contributed by atoms with Gasteiger partial charge < -0.3 is 20.2 Å². The van der Waals surface area contributed by atoms with E-state index in [1.54, 1.807) is 0 Å². The predicted octanol–water partition coefficient (Wildman–Crippen LogP) is 2.41. The third kappa shape index (κ3) is 5.72. The molecule has 1 saturated heterocycles. The molecular formula is C19H19Cl2N3O5. The molecule has 1 aromatic heterocycles. The number of nitrogens with zero attached hydrogens (tertiary/aromatic N) is 1. The van der Waals surface area contributed by atoms with Crippen molar-refractivity contribution in [3.63, 3.8) is 0 Å². The summed E-state index contributed by atoms with van der Waals surface area (Å²) >= 11 is 11.8. The molecule has 1 aliphatic heterocycles. The zero-order valence-electron chi connectivity index (χ0n) is 15.3. The fourth-order valence-electron chi connectivity index (χ4n) is 3.13. The van der Waals surface area contributed by atoms with E-state index in [-0.39, 0.29) is 11.8 Å². The average Bonchev–Trinajstić information content (AvgIpc) is 3.08. The number of benzene rings is 1. The van der Waals surface area contributed by atoms with Gasteiger partial charge in [0, 0.05) is 21.8 Å². The summed E-state index contributed by atoms with van der Waals surface area (Å²) in [6, 6.07) is 5.52. The maximum atomic E-state index is 12.2. The lowest BCUT2D eigenvalue weighted by Crippen LogP contribution is -2.39. The lowest BCUT2D eigenvalue weighted by Gasteiger charge is -2.20. The van der Waals surface area contributed by atoms with E-state index in [0.717, 1.165) is 12.7 Å². The van der Waals surface area contributed by atoms with Gasteiger partial charge in [-0.25, -0.2) is 0 Å². The van der Waals surface area contributed by atoms with Crippen LogP contribution < -0.4 is 21.2 Å². The normalized spacial score (nSPS) is 16.6. The molecule has 0 aliphatic carbocycles. The molecule has 2 amide bonds. The number of amides is 2. The molecule has 0 spiro atoms. The molecule has 0 unspecified atom stereocenters. The molecule has 8 nitrogen and oxygen atoms in total. The molecule has 0 bridgehead atoms. The van der Waals surface area contributed by atoms with Crippen molar-refractivity contribution in [3.05, 3.63) is 56.6 Å². The number of hydrogen-bond donors (Lipinski definition) is 2. The van der Waals surface area contributed by atoms with E-state index < -0.39 is 23.9 Å². The van der Waals surface area contributed by atoms with Crippen LogP contribution in [-0.4, -0.2) is 35.9 Å². The van der Waals surface area contributed by atoms with Gasteiger partial charge in [-0.3, -0.25) is 19.3 Å². The van der Waals surface area contributed by atoms with Crippen LogP contribution in [0.3, 0.4) is 0 Å². The molecule has 29 heavy (non-hydrogen) atoms. The van der Waals surface area contributed by atoms with Crippen molar-refractivity contribution in [2.45, 2.75) is 25.4 Å². The zero-order valence-corrected chi connectivity index (χ0v) is 16.8. The Labute approximate surface area is 176 Å². The largest absolute Gasteiger partial charge is 0.477 e. The van der Waals surface area contributed by atoms with Gasteiger partial charge in [0.2, 0.25) is 17.1 Å². The molecule has 3 N–H and O–H groups in total. The van der Waals surface area contributed by atoms with Crippen molar-refractivity contribution in [2.75, 3.05) is 18.5 Å². The summed E-state index contributed by atoms with van der Waals surface area (Å²) < 4.78 is 10.7. The number of carbonyl (C=O) groups is 2. The average molecular weight is 440 g/mol. The molecule has 2 aromatic rings. The van der Waals surface area contributed by atoms with Crippen LogP contribution in [0.2, 0.25) is 10.0 Å². The van der Waals surface area contributed by atoms with Gasteiger partial charge in [-0.2, -0.15) is 0 Å². The van der Waals surface area contributed by atoms with Crippen molar-refractivity contribution < 1.29 is 18.7 Å². The third-order valence-electron chi connectivity index (χ3n) is 4.41. The molecule has 1 aliphatic rings. The van der Waals surface area contributed by atoms with Crippen LogP contribution in [-0.2, 0) is 16.1 Å². The maximum absolute atomic E-state index is 12.2. The molecule has 3 rings (SSSR count). The summed E-state index contributed by atoms with van der Waals surface area (Å²) in [5.74, 6) is -0.598. The second-order valence-corrected chi connectivity index (χ2v) is 7.47. The first kappa shape index (κ1) is 21.2. The SMILES string of the molecule is NC(=O)[C@@H]1CCCN1Cc1cc(=O)c(OCC(=O)Nc2cc(Cl)cc(Cl)c2)co1. The first-order valence-corrected chi connectivity index (χ1v) is 9.61. The lowest BCUT2D eigenvalue weighted by atomic mass is 10.2. The van der Waals surface area contributed by atoms with Crippen LogP contribution in [0.15, 0.2) is 39.7 Å². The Morgan fingerprint density at radius 1 is 1.24 bits per heavy atom. The van der Waals surface area contributed by atoms with Crippen molar-refractivity contribution in [1.29, 1.82) is 0 Å². The molecule has 10 heteroatoms. The minimum absolute atomic E-state index is 0.0964. The smallest absolute Gasteiger partial charge is 0.262 e. The Balaban J connectivity index is 1.57. The molecule has 0 radical (unpaired) electrons. The van der Waals surface area contributed by atoms with E-state index in [9.17, 15) is 14.4 Å². The van der Waals surface area contributed by atoms with Crippen LogP contribution in [0, 0.1) is 0 Å². The summed E-state index contributed by atoms with van der Waals surface area (Å²) in [5.41, 5.74) is 5.37. The standard InChI is InChI=1S/C19H19Cl2N3O5/c20-11-4-12(21)6-13(5-11)23-18(26)10-29-17-9-28-14(7-16(17)25)8-24-3-1-2-15(24)19(22)27/h4-7,9,15H,1-3,8,10H2,(H2,22,27)(H,23,26)/t15-/m0/s1.